The molecule has 0 spiro atoms. The molecule has 104 valence electrons. The van der Waals surface area contributed by atoms with Gasteiger partial charge in [0.25, 0.3) is 0 Å². The molecule has 2 aromatic rings. The normalized spacial score (nSPS) is 11.8. The largest absolute Gasteiger partial charge is 0.479 e. The zero-order valence-electron chi connectivity index (χ0n) is 11.4. The van der Waals surface area contributed by atoms with Crippen LogP contribution in [-0.2, 0) is 6.54 Å². The zero-order chi connectivity index (χ0) is 14.2. The highest BCUT2D eigenvalue weighted by molar-refractivity contribution is 7.09. The summed E-state index contributed by atoms with van der Waals surface area (Å²) in [5.41, 5.74) is 1.15. The van der Waals surface area contributed by atoms with E-state index in [-0.39, 0.29) is 6.61 Å². The van der Waals surface area contributed by atoms with E-state index in [9.17, 15) is 0 Å². The van der Waals surface area contributed by atoms with Crippen LogP contribution in [-0.4, -0.2) is 18.1 Å². The molecule has 0 saturated heterocycles. The predicted molar refractivity (Wildman–Crippen MR) is 79.8 cm³/mol. The van der Waals surface area contributed by atoms with Crippen molar-refractivity contribution in [2.45, 2.75) is 19.4 Å². The van der Waals surface area contributed by atoms with Gasteiger partial charge in [0.05, 0.1) is 5.01 Å². The first kappa shape index (κ1) is 14.5. The Hall–Kier alpha value is -1.90. The van der Waals surface area contributed by atoms with Crippen molar-refractivity contribution in [3.05, 3.63) is 46.4 Å². The number of ether oxygens (including phenoxy) is 1. The molecule has 1 atom stereocenters. The average molecular weight is 287 g/mol. The number of aromatic nitrogens is 1. The number of benzene rings is 1. The Balaban J connectivity index is 1.80. The summed E-state index contributed by atoms with van der Waals surface area (Å²) in [6.45, 7) is 3.91. The number of rotatable bonds is 7. The lowest BCUT2D eigenvalue weighted by Crippen LogP contribution is -2.19. The van der Waals surface area contributed by atoms with Crippen LogP contribution in [0.5, 0.6) is 5.75 Å². The SMILES string of the molecule is CC(CNCc1cccc(OCC#N)c1)c1nccs1. The summed E-state index contributed by atoms with van der Waals surface area (Å²) >= 11 is 1.69. The second-order valence-electron chi connectivity index (χ2n) is 4.50. The highest BCUT2D eigenvalue weighted by Crippen LogP contribution is 2.17. The van der Waals surface area contributed by atoms with Crippen molar-refractivity contribution in [3.63, 3.8) is 0 Å². The first-order valence-electron chi connectivity index (χ1n) is 6.48. The standard InChI is InChI=1S/C15H17N3OS/c1-12(15-18-6-8-20-15)10-17-11-13-3-2-4-14(9-13)19-7-5-16/h2-4,6,8-9,12,17H,7,10-11H2,1H3. The molecule has 0 amide bonds. The summed E-state index contributed by atoms with van der Waals surface area (Å²) in [4.78, 5) is 4.32. The monoisotopic (exact) mass is 287 g/mol. The molecule has 0 aliphatic rings. The molecule has 1 heterocycles. The van der Waals surface area contributed by atoms with Gasteiger partial charge in [-0.15, -0.1) is 11.3 Å². The number of nitrogens with zero attached hydrogens (tertiary/aromatic N) is 2. The summed E-state index contributed by atoms with van der Waals surface area (Å²) in [5.74, 6) is 1.15. The summed E-state index contributed by atoms with van der Waals surface area (Å²) in [7, 11) is 0. The molecule has 5 heteroatoms. The van der Waals surface area contributed by atoms with Crippen molar-refractivity contribution in [3.8, 4) is 11.8 Å². The summed E-state index contributed by atoms with van der Waals surface area (Å²) in [5, 5.41) is 15.1. The maximum atomic E-state index is 8.50. The minimum absolute atomic E-state index is 0.0813. The van der Waals surface area contributed by atoms with Crippen molar-refractivity contribution in [2.75, 3.05) is 13.2 Å². The molecule has 1 aromatic carbocycles. The van der Waals surface area contributed by atoms with E-state index in [1.807, 2.05) is 41.9 Å². The lowest BCUT2D eigenvalue weighted by Gasteiger charge is -2.10. The number of nitriles is 1. The first-order chi connectivity index (χ1) is 9.79. The molecule has 4 nitrogen and oxygen atoms in total. The van der Waals surface area contributed by atoms with Crippen LogP contribution in [0.2, 0.25) is 0 Å². The number of nitrogens with one attached hydrogen (secondary N) is 1. The molecule has 20 heavy (non-hydrogen) atoms. The fourth-order valence-corrected chi connectivity index (χ4v) is 2.56. The van der Waals surface area contributed by atoms with Gasteiger partial charge < -0.3 is 10.1 Å². The van der Waals surface area contributed by atoms with E-state index in [2.05, 4.69) is 17.2 Å². The quantitative estimate of drug-likeness (QED) is 0.850. The fourth-order valence-electron chi connectivity index (χ4n) is 1.86. The Morgan fingerprint density at radius 2 is 2.40 bits per heavy atom. The van der Waals surface area contributed by atoms with Crippen LogP contribution in [0, 0.1) is 11.3 Å². The topological polar surface area (TPSA) is 57.9 Å². The van der Waals surface area contributed by atoms with Gasteiger partial charge in [-0.1, -0.05) is 19.1 Å². The Kier molecular flexibility index (Phi) is 5.54. The molecule has 0 radical (unpaired) electrons. The molecular weight excluding hydrogens is 270 g/mol. The molecule has 2 rings (SSSR count). The number of thiazole rings is 1. The van der Waals surface area contributed by atoms with Gasteiger partial charge in [-0.2, -0.15) is 5.26 Å². The lowest BCUT2D eigenvalue weighted by atomic mass is 10.1. The minimum atomic E-state index is 0.0813. The van der Waals surface area contributed by atoms with E-state index >= 15 is 0 Å². The molecule has 1 unspecified atom stereocenters. The Morgan fingerprint density at radius 1 is 1.50 bits per heavy atom. The van der Waals surface area contributed by atoms with E-state index in [1.165, 1.54) is 0 Å². The molecule has 0 bridgehead atoms. The van der Waals surface area contributed by atoms with Gasteiger partial charge in [0.1, 0.15) is 11.8 Å². The third kappa shape index (κ3) is 4.34. The maximum absolute atomic E-state index is 8.50. The third-order valence-corrected chi connectivity index (χ3v) is 3.86. The van der Waals surface area contributed by atoms with Crippen molar-refractivity contribution in [1.82, 2.24) is 10.3 Å². The summed E-state index contributed by atoms with van der Waals surface area (Å²) in [6, 6.07) is 9.76. The van der Waals surface area contributed by atoms with E-state index in [4.69, 9.17) is 10.00 Å². The second kappa shape index (κ2) is 7.63. The zero-order valence-corrected chi connectivity index (χ0v) is 12.2. The van der Waals surface area contributed by atoms with E-state index in [0.717, 1.165) is 29.4 Å². The molecule has 0 aliphatic heterocycles. The highest BCUT2D eigenvalue weighted by Gasteiger charge is 2.07. The third-order valence-electron chi connectivity index (χ3n) is 2.85. The molecule has 0 fully saturated rings. The van der Waals surface area contributed by atoms with Crippen LogP contribution in [0.3, 0.4) is 0 Å². The van der Waals surface area contributed by atoms with Gasteiger partial charge >= 0.3 is 0 Å². The van der Waals surface area contributed by atoms with Crippen LogP contribution < -0.4 is 10.1 Å². The number of hydrogen-bond acceptors (Lipinski definition) is 5. The smallest absolute Gasteiger partial charge is 0.174 e. The van der Waals surface area contributed by atoms with Crippen molar-refractivity contribution >= 4 is 11.3 Å². The highest BCUT2D eigenvalue weighted by atomic mass is 32.1. The molecule has 1 aromatic heterocycles. The molecule has 0 saturated carbocycles. The Bertz CT molecular complexity index is 563. The van der Waals surface area contributed by atoms with Crippen molar-refractivity contribution in [2.24, 2.45) is 0 Å². The molecule has 0 aliphatic carbocycles. The molecular formula is C15H17N3OS. The van der Waals surface area contributed by atoms with Crippen LogP contribution in [0.15, 0.2) is 35.8 Å². The maximum Gasteiger partial charge on any atom is 0.174 e. The number of hydrogen-bond donors (Lipinski definition) is 1. The van der Waals surface area contributed by atoms with Crippen molar-refractivity contribution in [1.29, 1.82) is 5.26 Å². The van der Waals surface area contributed by atoms with Crippen molar-refractivity contribution < 1.29 is 4.74 Å². The van der Waals surface area contributed by atoms with Crippen LogP contribution in [0.4, 0.5) is 0 Å². The average Bonchev–Trinajstić information content (AvgIpc) is 3.00. The first-order valence-corrected chi connectivity index (χ1v) is 7.36. The van der Waals surface area contributed by atoms with Crippen LogP contribution in [0.25, 0.3) is 0 Å². The fraction of sp³-hybridized carbons (Fsp3) is 0.333. The Labute approximate surface area is 123 Å². The van der Waals surface area contributed by atoms with Gasteiger partial charge in [-0.3, -0.25) is 0 Å². The second-order valence-corrected chi connectivity index (χ2v) is 5.42. The van der Waals surface area contributed by atoms with E-state index in [0.29, 0.717) is 5.92 Å². The van der Waals surface area contributed by atoms with Gasteiger partial charge in [0, 0.05) is 30.6 Å². The molecule has 1 N–H and O–H groups in total. The minimum Gasteiger partial charge on any atom is -0.479 e. The van der Waals surface area contributed by atoms with Gasteiger partial charge in [0.15, 0.2) is 6.61 Å². The van der Waals surface area contributed by atoms with E-state index in [1.54, 1.807) is 11.3 Å². The van der Waals surface area contributed by atoms with Gasteiger partial charge in [0.2, 0.25) is 0 Å². The van der Waals surface area contributed by atoms with Gasteiger partial charge in [-0.25, -0.2) is 4.98 Å². The summed E-state index contributed by atoms with van der Waals surface area (Å²) in [6.07, 6.45) is 1.84. The Morgan fingerprint density at radius 3 is 3.15 bits per heavy atom. The van der Waals surface area contributed by atoms with Crippen LogP contribution >= 0.6 is 11.3 Å². The predicted octanol–water partition coefficient (Wildman–Crippen LogP) is 2.94. The van der Waals surface area contributed by atoms with Gasteiger partial charge in [-0.05, 0) is 17.7 Å². The lowest BCUT2D eigenvalue weighted by molar-refractivity contribution is 0.367. The van der Waals surface area contributed by atoms with Crippen LogP contribution in [0.1, 0.15) is 23.4 Å². The summed E-state index contributed by atoms with van der Waals surface area (Å²) < 4.78 is 5.28. The van der Waals surface area contributed by atoms with E-state index < -0.39 is 0 Å².